The van der Waals surface area contributed by atoms with Crippen molar-refractivity contribution in [2.24, 2.45) is 0 Å². The van der Waals surface area contributed by atoms with Crippen LogP contribution in [0, 0.1) is 10.1 Å². The van der Waals surface area contributed by atoms with E-state index in [-0.39, 0.29) is 12.4 Å². The Morgan fingerprint density at radius 1 is 1.37 bits per heavy atom. The maximum atomic E-state index is 10.9. The Morgan fingerprint density at radius 2 is 2.11 bits per heavy atom. The van der Waals surface area contributed by atoms with E-state index in [1.807, 2.05) is 6.92 Å². The number of hydrogen-bond acceptors (Lipinski definition) is 5. The summed E-state index contributed by atoms with van der Waals surface area (Å²) in [5.74, 6) is -1.09. The maximum absolute atomic E-state index is 10.9. The predicted molar refractivity (Wildman–Crippen MR) is 66.7 cm³/mol. The van der Waals surface area contributed by atoms with Gasteiger partial charge in [0.1, 0.15) is 17.9 Å². The molecule has 0 atom stereocenters. The SMILES string of the molecule is CCCOCCOc1ccc([N+](=O)[O-])c(C(=O)O)c1. The van der Waals surface area contributed by atoms with Crippen molar-refractivity contribution in [3.63, 3.8) is 0 Å². The maximum Gasteiger partial charge on any atom is 0.342 e. The third kappa shape index (κ3) is 4.55. The highest BCUT2D eigenvalue weighted by Gasteiger charge is 2.20. The smallest absolute Gasteiger partial charge is 0.342 e. The minimum Gasteiger partial charge on any atom is -0.491 e. The molecule has 0 aliphatic carbocycles. The second-order valence-corrected chi connectivity index (χ2v) is 3.70. The summed E-state index contributed by atoms with van der Waals surface area (Å²) in [6.07, 6.45) is 0.903. The zero-order chi connectivity index (χ0) is 14.3. The van der Waals surface area contributed by atoms with E-state index in [2.05, 4.69) is 0 Å². The van der Waals surface area contributed by atoms with Gasteiger partial charge >= 0.3 is 5.97 Å². The topological polar surface area (TPSA) is 98.9 Å². The van der Waals surface area contributed by atoms with Crippen LogP contribution in [-0.4, -0.2) is 35.8 Å². The van der Waals surface area contributed by atoms with Crippen LogP contribution in [0.25, 0.3) is 0 Å². The number of rotatable bonds is 8. The van der Waals surface area contributed by atoms with Crippen molar-refractivity contribution in [2.45, 2.75) is 13.3 Å². The number of carbonyl (C=O) groups is 1. The van der Waals surface area contributed by atoms with Gasteiger partial charge in [0.25, 0.3) is 5.69 Å². The third-order valence-corrected chi connectivity index (χ3v) is 2.24. The van der Waals surface area contributed by atoms with Crippen molar-refractivity contribution in [2.75, 3.05) is 19.8 Å². The molecule has 0 saturated carbocycles. The monoisotopic (exact) mass is 269 g/mol. The fraction of sp³-hybridized carbons (Fsp3) is 0.417. The average Bonchev–Trinajstić information content (AvgIpc) is 2.38. The van der Waals surface area contributed by atoms with Crippen molar-refractivity contribution >= 4 is 11.7 Å². The van der Waals surface area contributed by atoms with Crippen LogP contribution in [0.3, 0.4) is 0 Å². The van der Waals surface area contributed by atoms with Gasteiger partial charge in [-0.3, -0.25) is 10.1 Å². The summed E-state index contributed by atoms with van der Waals surface area (Å²) in [6, 6.07) is 3.62. The molecule has 7 heteroatoms. The summed E-state index contributed by atoms with van der Waals surface area (Å²) >= 11 is 0. The molecule has 0 aliphatic heterocycles. The lowest BCUT2D eigenvalue weighted by molar-refractivity contribution is -0.385. The molecule has 1 aromatic carbocycles. The molecule has 0 heterocycles. The van der Waals surface area contributed by atoms with Crippen LogP contribution in [0.4, 0.5) is 5.69 Å². The summed E-state index contributed by atoms with van der Waals surface area (Å²) in [7, 11) is 0. The number of carboxylic acid groups (broad SMARTS) is 1. The fourth-order valence-electron chi connectivity index (χ4n) is 1.40. The zero-order valence-corrected chi connectivity index (χ0v) is 10.5. The molecule has 0 fully saturated rings. The molecule has 1 N–H and O–H groups in total. The number of nitro benzene ring substituents is 1. The molecule has 0 radical (unpaired) electrons. The molecular formula is C12H15NO6. The summed E-state index contributed by atoms with van der Waals surface area (Å²) in [6.45, 7) is 3.25. The van der Waals surface area contributed by atoms with Crippen LogP contribution in [0.1, 0.15) is 23.7 Å². The lowest BCUT2D eigenvalue weighted by Crippen LogP contribution is -2.08. The largest absolute Gasteiger partial charge is 0.491 e. The summed E-state index contributed by atoms with van der Waals surface area (Å²) in [4.78, 5) is 20.8. The molecule has 104 valence electrons. The van der Waals surface area contributed by atoms with Gasteiger partial charge in [-0.25, -0.2) is 4.79 Å². The van der Waals surface area contributed by atoms with Crippen molar-refractivity contribution in [3.8, 4) is 5.75 Å². The number of nitro groups is 1. The van der Waals surface area contributed by atoms with E-state index >= 15 is 0 Å². The van der Waals surface area contributed by atoms with Crippen molar-refractivity contribution in [3.05, 3.63) is 33.9 Å². The number of hydrogen-bond donors (Lipinski definition) is 1. The van der Waals surface area contributed by atoms with E-state index in [1.54, 1.807) is 0 Å². The molecule has 1 aromatic rings. The highest BCUT2D eigenvalue weighted by atomic mass is 16.6. The zero-order valence-electron chi connectivity index (χ0n) is 10.5. The Morgan fingerprint density at radius 3 is 2.68 bits per heavy atom. The quantitative estimate of drug-likeness (QED) is 0.440. The van der Waals surface area contributed by atoms with Gasteiger partial charge in [-0.15, -0.1) is 0 Å². The van der Waals surface area contributed by atoms with E-state index in [0.717, 1.165) is 18.6 Å². The van der Waals surface area contributed by atoms with E-state index in [9.17, 15) is 14.9 Å². The lowest BCUT2D eigenvalue weighted by atomic mass is 10.1. The Kier molecular flexibility index (Phi) is 5.74. The number of ether oxygens (including phenoxy) is 2. The van der Waals surface area contributed by atoms with Gasteiger partial charge in [-0.05, 0) is 12.5 Å². The Hall–Kier alpha value is -2.15. The minimum absolute atomic E-state index is 0.261. The first-order chi connectivity index (χ1) is 9.06. The van der Waals surface area contributed by atoms with Gasteiger partial charge in [0.05, 0.1) is 11.5 Å². The molecule has 19 heavy (non-hydrogen) atoms. The summed E-state index contributed by atoms with van der Waals surface area (Å²) < 4.78 is 10.5. The molecule has 0 aliphatic rings. The molecule has 0 amide bonds. The molecule has 0 saturated heterocycles. The minimum atomic E-state index is -1.36. The Bertz CT molecular complexity index is 460. The van der Waals surface area contributed by atoms with Crippen LogP contribution in [0.2, 0.25) is 0 Å². The molecule has 7 nitrogen and oxygen atoms in total. The number of aromatic carboxylic acids is 1. The van der Waals surface area contributed by atoms with Crippen LogP contribution < -0.4 is 4.74 Å². The molecular weight excluding hydrogens is 254 g/mol. The lowest BCUT2D eigenvalue weighted by Gasteiger charge is -2.07. The molecule has 1 rings (SSSR count). The van der Waals surface area contributed by atoms with Crippen molar-refractivity contribution in [1.29, 1.82) is 0 Å². The van der Waals surface area contributed by atoms with Gasteiger partial charge in [-0.1, -0.05) is 6.92 Å². The number of benzene rings is 1. The van der Waals surface area contributed by atoms with Gasteiger partial charge in [0, 0.05) is 18.7 Å². The summed E-state index contributed by atoms with van der Waals surface area (Å²) in [5.41, 5.74) is -0.848. The average molecular weight is 269 g/mol. The highest BCUT2D eigenvalue weighted by Crippen LogP contribution is 2.24. The molecule has 0 unspecified atom stereocenters. The molecule has 0 aromatic heterocycles. The molecule has 0 bridgehead atoms. The molecule has 0 spiro atoms. The first-order valence-electron chi connectivity index (χ1n) is 5.78. The Balaban J connectivity index is 2.68. The van der Waals surface area contributed by atoms with E-state index in [1.165, 1.54) is 6.07 Å². The van der Waals surface area contributed by atoms with Crippen molar-refractivity contribution < 1.29 is 24.3 Å². The second-order valence-electron chi connectivity index (χ2n) is 3.70. The highest BCUT2D eigenvalue weighted by molar-refractivity contribution is 5.92. The third-order valence-electron chi connectivity index (χ3n) is 2.24. The fourth-order valence-corrected chi connectivity index (χ4v) is 1.40. The normalized spacial score (nSPS) is 10.2. The second kappa shape index (κ2) is 7.32. The first kappa shape index (κ1) is 14.9. The van der Waals surface area contributed by atoms with E-state index in [0.29, 0.717) is 13.2 Å². The van der Waals surface area contributed by atoms with E-state index < -0.39 is 22.1 Å². The van der Waals surface area contributed by atoms with Gasteiger partial charge < -0.3 is 14.6 Å². The van der Waals surface area contributed by atoms with Crippen LogP contribution in [-0.2, 0) is 4.74 Å². The van der Waals surface area contributed by atoms with Gasteiger partial charge in [-0.2, -0.15) is 0 Å². The standard InChI is InChI=1S/C12H15NO6/c1-2-5-18-6-7-19-9-3-4-11(13(16)17)10(8-9)12(14)15/h3-4,8H,2,5-7H2,1H3,(H,14,15). The van der Waals surface area contributed by atoms with Gasteiger partial charge in [0.15, 0.2) is 0 Å². The van der Waals surface area contributed by atoms with Crippen molar-refractivity contribution in [1.82, 2.24) is 0 Å². The van der Waals surface area contributed by atoms with Gasteiger partial charge in [0.2, 0.25) is 0 Å². The number of nitrogens with zero attached hydrogens (tertiary/aromatic N) is 1. The van der Waals surface area contributed by atoms with Crippen LogP contribution >= 0.6 is 0 Å². The van der Waals surface area contributed by atoms with E-state index in [4.69, 9.17) is 14.6 Å². The Labute approximate surface area is 109 Å². The summed E-state index contributed by atoms with van der Waals surface area (Å²) in [5, 5.41) is 19.5. The predicted octanol–water partition coefficient (Wildman–Crippen LogP) is 2.10. The van der Waals surface area contributed by atoms with Crippen LogP contribution in [0.5, 0.6) is 5.75 Å². The van der Waals surface area contributed by atoms with Crippen LogP contribution in [0.15, 0.2) is 18.2 Å². The first-order valence-corrected chi connectivity index (χ1v) is 5.78. The number of carboxylic acids is 1.